The average molecular weight is 274 g/mol. The third-order valence-corrected chi connectivity index (χ3v) is 3.68. The predicted molar refractivity (Wildman–Crippen MR) is 76.0 cm³/mol. The average Bonchev–Trinajstić information content (AvgIpc) is 2.42. The summed E-state index contributed by atoms with van der Waals surface area (Å²) in [5.74, 6) is 0. The van der Waals surface area contributed by atoms with Crippen molar-refractivity contribution in [1.82, 2.24) is 14.9 Å². The van der Waals surface area contributed by atoms with Crippen LogP contribution in [0.15, 0.2) is 30.5 Å². The summed E-state index contributed by atoms with van der Waals surface area (Å²) < 4.78 is 0. The Balaban J connectivity index is 1.72. The fourth-order valence-electron chi connectivity index (χ4n) is 2.43. The van der Waals surface area contributed by atoms with E-state index in [9.17, 15) is 0 Å². The number of halogens is 1. The van der Waals surface area contributed by atoms with Gasteiger partial charge < -0.3 is 0 Å². The van der Waals surface area contributed by atoms with E-state index in [4.69, 9.17) is 11.6 Å². The summed E-state index contributed by atoms with van der Waals surface area (Å²) in [6.45, 7) is 4.91. The Bertz CT molecular complexity index is 580. The highest BCUT2D eigenvalue weighted by Crippen LogP contribution is 2.20. The van der Waals surface area contributed by atoms with Gasteiger partial charge in [0, 0.05) is 43.6 Å². The Hall–Kier alpha value is -1.45. The van der Waals surface area contributed by atoms with Crippen LogP contribution in [0, 0.1) is 6.92 Å². The van der Waals surface area contributed by atoms with Crippen LogP contribution >= 0.6 is 11.6 Å². The second-order valence-electron chi connectivity index (χ2n) is 5.01. The molecule has 0 N–H and O–H groups in total. The molecule has 19 heavy (non-hydrogen) atoms. The van der Waals surface area contributed by atoms with Gasteiger partial charge in [0.05, 0.1) is 0 Å². The lowest BCUT2D eigenvalue weighted by molar-refractivity contribution is 0.243. The van der Waals surface area contributed by atoms with E-state index in [1.807, 2.05) is 19.2 Å². The molecular weight excluding hydrogens is 258 g/mol. The molecule has 3 heterocycles. The van der Waals surface area contributed by atoms with Crippen LogP contribution in [-0.2, 0) is 19.5 Å². The van der Waals surface area contributed by atoms with Gasteiger partial charge in [0.15, 0.2) is 0 Å². The largest absolute Gasteiger partial charge is 0.294 e. The Morgan fingerprint density at radius 1 is 1.26 bits per heavy atom. The van der Waals surface area contributed by atoms with E-state index >= 15 is 0 Å². The van der Waals surface area contributed by atoms with Gasteiger partial charge in [-0.2, -0.15) is 0 Å². The quantitative estimate of drug-likeness (QED) is 0.788. The van der Waals surface area contributed by atoms with Crippen LogP contribution in [0.25, 0.3) is 0 Å². The van der Waals surface area contributed by atoms with Crippen LogP contribution in [0.3, 0.4) is 0 Å². The highest BCUT2D eigenvalue weighted by Gasteiger charge is 2.17. The van der Waals surface area contributed by atoms with Gasteiger partial charge in [-0.3, -0.25) is 9.88 Å². The summed E-state index contributed by atoms with van der Waals surface area (Å²) in [6.07, 6.45) is 2.93. The van der Waals surface area contributed by atoms with Crippen LogP contribution in [-0.4, -0.2) is 21.4 Å². The minimum atomic E-state index is 0.593. The maximum atomic E-state index is 5.92. The van der Waals surface area contributed by atoms with E-state index in [1.165, 1.54) is 11.1 Å². The zero-order chi connectivity index (χ0) is 13.2. The highest BCUT2D eigenvalue weighted by atomic mass is 35.5. The molecule has 0 spiro atoms. The molecule has 4 heteroatoms. The summed E-state index contributed by atoms with van der Waals surface area (Å²) >= 11 is 5.92. The first-order chi connectivity index (χ1) is 9.20. The molecule has 0 saturated heterocycles. The normalized spacial score (nSPS) is 15.3. The monoisotopic (exact) mass is 273 g/mol. The van der Waals surface area contributed by atoms with Crippen LogP contribution in [0.5, 0.6) is 0 Å². The van der Waals surface area contributed by atoms with Gasteiger partial charge in [-0.1, -0.05) is 23.7 Å². The molecule has 1 aliphatic heterocycles. The molecule has 2 aromatic rings. The highest BCUT2D eigenvalue weighted by molar-refractivity contribution is 6.29. The molecular formula is C15H16ClN3. The van der Waals surface area contributed by atoms with Crippen molar-refractivity contribution in [3.8, 4) is 0 Å². The number of nitrogens with zero attached hydrogens (tertiary/aromatic N) is 3. The van der Waals surface area contributed by atoms with E-state index in [1.54, 1.807) is 0 Å². The molecule has 0 fully saturated rings. The van der Waals surface area contributed by atoms with E-state index in [-0.39, 0.29) is 0 Å². The standard InChI is InChI=1S/C15H16ClN3/c1-11-2-3-12(8-17-11)9-19-7-6-14-13(10-19)4-5-15(16)18-14/h2-5,8H,6-7,9-10H2,1H3. The van der Waals surface area contributed by atoms with E-state index in [0.29, 0.717) is 5.15 Å². The summed E-state index contributed by atoms with van der Waals surface area (Å²) in [5.41, 5.74) is 4.75. The predicted octanol–water partition coefficient (Wildman–Crippen LogP) is 3.00. The minimum Gasteiger partial charge on any atom is -0.294 e. The first-order valence-electron chi connectivity index (χ1n) is 6.49. The maximum absolute atomic E-state index is 5.92. The molecule has 0 aromatic carbocycles. The Labute approximate surface area is 118 Å². The number of rotatable bonds is 2. The third-order valence-electron chi connectivity index (χ3n) is 3.47. The van der Waals surface area contributed by atoms with E-state index in [0.717, 1.165) is 37.4 Å². The number of pyridine rings is 2. The second-order valence-corrected chi connectivity index (χ2v) is 5.40. The van der Waals surface area contributed by atoms with Crippen LogP contribution < -0.4 is 0 Å². The van der Waals surface area contributed by atoms with Crippen molar-refractivity contribution < 1.29 is 0 Å². The zero-order valence-corrected chi connectivity index (χ0v) is 11.7. The molecule has 0 saturated carbocycles. The van der Waals surface area contributed by atoms with Crippen LogP contribution in [0.2, 0.25) is 5.15 Å². The fraction of sp³-hybridized carbons (Fsp3) is 0.333. The van der Waals surface area contributed by atoms with Gasteiger partial charge in [-0.15, -0.1) is 0 Å². The van der Waals surface area contributed by atoms with E-state index in [2.05, 4.69) is 33.1 Å². The van der Waals surface area contributed by atoms with Crippen LogP contribution in [0.1, 0.15) is 22.5 Å². The van der Waals surface area contributed by atoms with Crippen LogP contribution in [0.4, 0.5) is 0 Å². The molecule has 0 amide bonds. The Kier molecular flexibility index (Phi) is 3.49. The number of hydrogen-bond donors (Lipinski definition) is 0. The number of aryl methyl sites for hydroxylation is 1. The molecule has 0 atom stereocenters. The van der Waals surface area contributed by atoms with Gasteiger partial charge >= 0.3 is 0 Å². The minimum absolute atomic E-state index is 0.593. The molecule has 0 aliphatic carbocycles. The Morgan fingerprint density at radius 3 is 2.95 bits per heavy atom. The number of aromatic nitrogens is 2. The van der Waals surface area contributed by atoms with E-state index < -0.39 is 0 Å². The van der Waals surface area contributed by atoms with Crippen molar-refractivity contribution in [3.05, 3.63) is 58.1 Å². The topological polar surface area (TPSA) is 29.0 Å². The lowest BCUT2D eigenvalue weighted by Crippen LogP contribution is -2.30. The molecule has 3 rings (SSSR count). The second kappa shape index (κ2) is 5.27. The van der Waals surface area contributed by atoms with Crippen molar-refractivity contribution >= 4 is 11.6 Å². The van der Waals surface area contributed by atoms with Crippen molar-refractivity contribution in [1.29, 1.82) is 0 Å². The Morgan fingerprint density at radius 2 is 2.16 bits per heavy atom. The lowest BCUT2D eigenvalue weighted by atomic mass is 10.1. The van der Waals surface area contributed by atoms with Gasteiger partial charge in [-0.25, -0.2) is 4.98 Å². The molecule has 0 bridgehead atoms. The molecule has 1 aliphatic rings. The van der Waals surface area contributed by atoms with Crippen molar-refractivity contribution in [2.45, 2.75) is 26.4 Å². The molecule has 0 unspecified atom stereocenters. The zero-order valence-electron chi connectivity index (χ0n) is 10.9. The van der Waals surface area contributed by atoms with Gasteiger partial charge in [0.2, 0.25) is 0 Å². The summed E-state index contributed by atoms with van der Waals surface area (Å²) in [7, 11) is 0. The van der Waals surface area contributed by atoms with Crippen molar-refractivity contribution in [3.63, 3.8) is 0 Å². The molecule has 98 valence electrons. The summed E-state index contributed by atoms with van der Waals surface area (Å²) in [4.78, 5) is 11.2. The van der Waals surface area contributed by atoms with Crippen molar-refractivity contribution in [2.24, 2.45) is 0 Å². The van der Waals surface area contributed by atoms with Gasteiger partial charge in [0.1, 0.15) is 5.15 Å². The molecule has 0 radical (unpaired) electrons. The SMILES string of the molecule is Cc1ccc(CN2CCc3nc(Cl)ccc3C2)cn1. The first kappa shape index (κ1) is 12.6. The lowest BCUT2D eigenvalue weighted by Gasteiger charge is -2.28. The third kappa shape index (κ3) is 2.94. The van der Waals surface area contributed by atoms with Crippen molar-refractivity contribution in [2.75, 3.05) is 6.54 Å². The van der Waals surface area contributed by atoms with Gasteiger partial charge in [0.25, 0.3) is 0 Å². The number of fused-ring (bicyclic) bond motifs is 1. The smallest absolute Gasteiger partial charge is 0.129 e. The molecule has 3 nitrogen and oxygen atoms in total. The van der Waals surface area contributed by atoms with Gasteiger partial charge in [-0.05, 0) is 30.2 Å². The first-order valence-corrected chi connectivity index (χ1v) is 6.87. The maximum Gasteiger partial charge on any atom is 0.129 e. The number of hydrogen-bond acceptors (Lipinski definition) is 3. The summed E-state index contributed by atoms with van der Waals surface area (Å²) in [6, 6.07) is 8.17. The fourth-order valence-corrected chi connectivity index (χ4v) is 2.60. The molecule has 2 aromatic heterocycles. The summed E-state index contributed by atoms with van der Waals surface area (Å²) in [5, 5.41) is 0.593.